The molecule has 0 aromatic heterocycles. The number of aliphatic hydroxyl groups excluding tert-OH is 1. The van der Waals surface area contributed by atoms with Gasteiger partial charge in [0.25, 0.3) is 0 Å². The normalized spacial score (nSPS) is 10.3. The third kappa shape index (κ3) is 11.3. The van der Waals surface area contributed by atoms with Crippen LogP contribution in [0.4, 0.5) is 0 Å². The van der Waals surface area contributed by atoms with Crippen LogP contribution in [-0.2, 0) is 14.3 Å². The van der Waals surface area contributed by atoms with Gasteiger partial charge in [-0.05, 0) is 19.9 Å². The van der Waals surface area contributed by atoms with Crippen molar-refractivity contribution < 1.29 is 19.4 Å². The highest BCUT2D eigenvalue weighted by molar-refractivity contribution is 5.69. The van der Waals surface area contributed by atoms with E-state index in [1.807, 2.05) is 0 Å². The number of esters is 1. The molecular formula is C10H21NO4. The number of carbonyl (C=O) groups is 1. The third-order valence-electron chi connectivity index (χ3n) is 1.70. The molecule has 0 aromatic rings. The van der Waals surface area contributed by atoms with E-state index >= 15 is 0 Å². The average Bonchev–Trinajstić information content (AvgIpc) is 2.22. The van der Waals surface area contributed by atoms with Crippen molar-refractivity contribution in [2.24, 2.45) is 0 Å². The van der Waals surface area contributed by atoms with Crippen LogP contribution < -0.4 is 5.32 Å². The van der Waals surface area contributed by atoms with E-state index in [2.05, 4.69) is 5.32 Å². The Bertz CT molecular complexity index is 152. The molecule has 0 spiro atoms. The summed E-state index contributed by atoms with van der Waals surface area (Å²) in [4.78, 5) is 10.9. The molecule has 0 saturated heterocycles. The van der Waals surface area contributed by atoms with Crippen LogP contribution in [0.5, 0.6) is 0 Å². The van der Waals surface area contributed by atoms with Crippen LogP contribution in [-0.4, -0.2) is 50.6 Å². The monoisotopic (exact) mass is 219 g/mol. The summed E-state index contributed by atoms with van der Waals surface area (Å²) < 4.78 is 9.83. The van der Waals surface area contributed by atoms with Crippen LogP contribution in [0.25, 0.3) is 0 Å². The molecule has 15 heavy (non-hydrogen) atoms. The molecule has 0 aliphatic carbocycles. The van der Waals surface area contributed by atoms with Crippen LogP contribution in [0.15, 0.2) is 0 Å². The number of carbonyl (C=O) groups excluding carboxylic acids is 1. The minimum Gasteiger partial charge on any atom is -0.466 e. The molecule has 90 valence electrons. The van der Waals surface area contributed by atoms with Gasteiger partial charge < -0.3 is 19.9 Å². The first-order valence-corrected chi connectivity index (χ1v) is 5.36. The Balaban J connectivity index is 3.01. The van der Waals surface area contributed by atoms with Gasteiger partial charge in [-0.15, -0.1) is 0 Å². The number of hydrogen-bond donors (Lipinski definition) is 2. The van der Waals surface area contributed by atoms with Crippen molar-refractivity contribution in [3.05, 3.63) is 0 Å². The first-order valence-electron chi connectivity index (χ1n) is 5.36. The lowest BCUT2D eigenvalue weighted by Gasteiger charge is -2.05. The summed E-state index contributed by atoms with van der Waals surface area (Å²) >= 11 is 0. The molecule has 0 bridgehead atoms. The number of hydrogen-bond acceptors (Lipinski definition) is 5. The quantitative estimate of drug-likeness (QED) is 0.397. The van der Waals surface area contributed by atoms with E-state index in [1.165, 1.54) is 0 Å². The highest BCUT2D eigenvalue weighted by Gasteiger charge is 1.99. The Labute approximate surface area is 90.8 Å². The van der Waals surface area contributed by atoms with Crippen molar-refractivity contribution in [2.45, 2.75) is 19.8 Å². The molecule has 0 aromatic carbocycles. The lowest BCUT2D eigenvalue weighted by atomic mass is 10.3. The molecule has 0 amide bonds. The Morgan fingerprint density at radius 2 is 2.13 bits per heavy atom. The number of ether oxygens (including phenoxy) is 2. The van der Waals surface area contributed by atoms with E-state index in [9.17, 15) is 4.79 Å². The molecule has 0 heterocycles. The van der Waals surface area contributed by atoms with Gasteiger partial charge in [0.15, 0.2) is 0 Å². The molecule has 0 aliphatic rings. The molecule has 0 atom stereocenters. The van der Waals surface area contributed by atoms with Gasteiger partial charge in [0, 0.05) is 13.0 Å². The van der Waals surface area contributed by atoms with Crippen LogP contribution in [0.1, 0.15) is 19.8 Å². The largest absolute Gasteiger partial charge is 0.466 e. The molecule has 0 unspecified atom stereocenters. The second-order valence-electron chi connectivity index (χ2n) is 2.99. The maximum absolute atomic E-state index is 10.9. The molecule has 0 radical (unpaired) electrons. The Kier molecular flexibility index (Phi) is 10.9. The fourth-order valence-electron chi connectivity index (χ4n) is 1.03. The molecule has 5 nitrogen and oxygen atoms in total. The van der Waals surface area contributed by atoms with Crippen LogP contribution in [0, 0.1) is 0 Å². The fraction of sp³-hybridized carbons (Fsp3) is 0.900. The standard InChI is InChI=1S/C10H21NO4/c1-2-15-10(13)4-3-5-11-6-8-14-9-7-12/h11-12H,2-9H2,1H3. The van der Waals surface area contributed by atoms with E-state index < -0.39 is 0 Å². The Morgan fingerprint density at radius 1 is 1.33 bits per heavy atom. The topological polar surface area (TPSA) is 67.8 Å². The van der Waals surface area contributed by atoms with Crippen LogP contribution in [0.2, 0.25) is 0 Å². The van der Waals surface area contributed by atoms with Crippen LogP contribution >= 0.6 is 0 Å². The molecular weight excluding hydrogens is 198 g/mol. The van der Waals surface area contributed by atoms with E-state index in [0.29, 0.717) is 26.2 Å². The first-order chi connectivity index (χ1) is 7.31. The van der Waals surface area contributed by atoms with Crippen molar-refractivity contribution in [3.63, 3.8) is 0 Å². The van der Waals surface area contributed by atoms with Crippen molar-refractivity contribution in [1.82, 2.24) is 5.32 Å². The zero-order chi connectivity index (χ0) is 11.4. The molecule has 0 fully saturated rings. The molecule has 0 saturated carbocycles. The third-order valence-corrected chi connectivity index (χ3v) is 1.70. The number of nitrogens with one attached hydrogen (secondary N) is 1. The SMILES string of the molecule is CCOC(=O)CCCNCCOCCO. The molecule has 0 aliphatic heterocycles. The number of aliphatic hydroxyl groups is 1. The van der Waals surface area contributed by atoms with E-state index in [1.54, 1.807) is 6.92 Å². The van der Waals surface area contributed by atoms with Crippen molar-refractivity contribution in [1.29, 1.82) is 0 Å². The first kappa shape index (κ1) is 14.3. The van der Waals surface area contributed by atoms with Gasteiger partial charge in [0.2, 0.25) is 0 Å². The smallest absolute Gasteiger partial charge is 0.305 e. The van der Waals surface area contributed by atoms with E-state index in [-0.39, 0.29) is 12.6 Å². The van der Waals surface area contributed by atoms with E-state index in [0.717, 1.165) is 19.5 Å². The second kappa shape index (κ2) is 11.4. The Morgan fingerprint density at radius 3 is 2.80 bits per heavy atom. The summed E-state index contributed by atoms with van der Waals surface area (Å²) in [5, 5.41) is 11.5. The van der Waals surface area contributed by atoms with Crippen molar-refractivity contribution in [2.75, 3.05) is 39.5 Å². The maximum Gasteiger partial charge on any atom is 0.305 e. The minimum absolute atomic E-state index is 0.0584. The molecule has 0 rings (SSSR count). The summed E-state index contributed by atoms with van der Waals surface area (Å²) in [5.41, 5.74) is 0. The average molecular weight is 219 g/mol. The van der Waals surface area contributed by atoms with Gasteiger partial charge in [-0.25, -0.2) is 0 Å². The summed E-state index contributed by atoms with van der Waals surface area (Å²) in [5.74, 6) is -0.143. The zero-order valence-corrected chi connectivity index (χ0v) is 9.33. The van der Waals surface area contributed by atoms with Gasteiger partial charge in [-0.1, -0.05) is 0 Å². The lowest BCUT2D eigenvalue weighted by molar-refractivity contribution is -0.143. The van der Waals surface area contributed by atoms with Gasteiger partial charge in [-0.3, -0.25) is 4.79 Å². The Hall–Kier alpha value is -0.650. The van der Waals surface area contributed by atoms with Crippen molar-refractivity contribution in [3.8, 4) is 0 Å². The lowest BCUT2D eigenvalue weighted by Crippen LogP contribution is -2.22. The maximum atomic E-state index is 10.9. The fourth-order valence-corrected chi connectivity index (χ4v) is 1.03. The minimum atomic E-state index is -0.143. The van der Waals surface area contributed by atoms with Gasteiger partial charge in [0.05, 0.1) is 26.4 Å². The van der Waals surface area contributed by atoms with Gasteiger partial charge in [-0.2, -0.15) is 0 Å². The second-order valence-corrected chi connectivity index (χ2v) is 2.99. The summed E-state index contributed by atoms with van der Waals surface area (Å²) in [6.07, 6.45) is 1.23. The summed E-state index contributed by atoms with van der Waals surface area (Å²) in [6.45, 7) is 4.79. The predicted molar refractivity (Wildman–Crippen MR) is 56.6 cm³/mol. The highest BCUT2D eigenvalue weighted by Crippen LogP contribution is 1.90. The summed E-state index contributed by atoms with van der Waals surface area (Å²) in [6, 6.07) is 0. The number of rotatable bonds is 10. The van der Waals surface area contributed by atoms with Crippen LogP contribution in [0.3, 0.4) is 0 Å². The predicted octanol–water partition coefficient (Wildman–Crippen LogP) is -0.0718. The summed E-state index contributed by atoms with van der Waals surface area (Å²) in [7, 11) is 0. The van der Waals surface area contributed by atoms with Crippen molar-refractivity contribution >= 4 is 5.97 Å². The van der Waals surface area contributed by atoms with E-state index in [4.69, 9.17) is 14.6 Å². The highest BCUT2D eigenvalue weighted by atomic mass is 16.5. The van der Waals surface area contributed by atoms with Gasteiger partial charge in [0.1, 0.15) is 0 Å². The molecule has 2 N–H and O–H groups in total. The zero-order valence-electron chi connectivity index (χ0n) is 9.33. The molecule has 5 heteroatoms. The van der Waals surface area contributed by atoms with Gasteiger partial charge >= 0.3 is 5.97 Å².